The summed E-state index contributed by atoms with van der Waals surface area (Å²) < 4.78 is 0. The van der Waals surface area contributed by atoms with Gasteiger partial charge >= 0.3 is 0 Å². The molecule has 3 heterocycles. The van der Waals surface area contributed by atoms with Crippen molar-refractivity contribution in [1.29, 1.82) is 0 Å². The van der Waals surface area contributed by atoms with E-state index in [2.05, 4.69) is 35.0 Å². The molecule has 1 aromatic heterocycles. The van der Waals surface area contributed by atoms with Crippen LogP contribution in [0.4, 0.5) is 5.82 Å². The van der Waals surface area contributed by atoms with Crippen molar-refractivity contribution in [2.45, 2.75) is 31.6 Å². The van der Waals surface area contributed by atoms with Gasteiger partial charge < -0.3 is 15.5 Å². The van der Waals surface area contributed by atoms with Crippen LogP contribution in [0.3, 0.4) is 0 Å². The molecule has 3 rings (SSSR count). The van der Waals surface area contributed by atoms with Crippen LogP contribution in [0, 0.1) is 5.92 Å². The molecule has 120 valence electrons. The third-order valence-electron chi connectivity index (χ3n) is 5.02. The van der Waals surface area contributed by atoms with Gasteiger partial charge in [-0.05, 0) is 51.4 Å². The van der Waals surface area contributed by atoms with E-state index in [-0.39, 0.29) is 11.8 Å². The van der Waals surface area contributed by atoms with E-state index in [0.29, 0.717) is 5.92 Å². The zero-order valence-corrected chi connectivity index (χ0v) is 13.4. The summed E-state index contributed by atoms with van der Waals surface area (Å²) in [5.74, 6) is 1.47. The number of carbonyl (C=O) groups excluding carboxylic acids is 1. The fraction of sp³-hybridized carbons (Fsp3) is 0.647. The number of nitrogens with zero attached hydrogens (tertiary/aromatic N) is 3. The molecule has 0 aliphatic carbocycles. The quantitative estimate of drug-likeness (QED) is 0.921. The lowest BCUT2D eigenvalue weighted by Crippen LogP contribution is -2.39. The van der Waals surface area contributed by atoms with Gasteiger partial charge in [0.2, 0.25) is 5.91 Å². The fourth-order valence-electron chi connectivity index (χ4n) is 3.64. The third-order valence-corrected chi connectivity index (χ3v) is 5.02. The molecule has 0 spiro atoms. The second-order valence-electron chi connectivity index (χ2n) is 6.69. The monoisotopic (exact) mass is 302 g/mol. The highest BCUT2D eigenvalue weighted by Crippen LogP contribution is 2.27. The summed E-state index contributed by atoms with van der Waals surface area (Å²) in [6.45, 7) is 4.03. The first-order chi connectivity index (χ1) is 10.6. The van der Waals surface area contributed by atoms with E-state index in [1.54, 1.807) is 0 Å². The number of rotatable bonds is 3. The van der Waals surface area contributed by atoms with Crippen LogP contribution in [0.2, 0.25) is 0 Å². The third kappa shape index (κ3) is 3.40. The Balaban J connectivity index is 1.68. The number of primary amides is 1. The van der Waals surface area contributed by atoms with Gasteiger partial charge in [0.1, 0.15) is 5.82 Å². The highest BCUT2D eigenvalue weighted by molar-refractivity contribution is 5.76. The number of carbonyl (C=O) groups is 1. The Labute approximate surface area is 132 Å². The first-order valence-corrected chi connectivity index (χ1v) is 8.33. The molecule has 5 heteroatoms. The van der Waals surface area contributed by atoms with Crippen molar-refractivity contribution < 1.29 is 4.79 Å². The lowest BCUT2D eigenvalue weighted by atomic mass is 9.94. The summed E-state index contributed by atoms with van der Waals surface area (Å²) >= 11 is 0. The van der Waals surface area contributed by atoms with Gasteiger partial charge in [0, 0.05) is 37.2 Å². The van der Waals surface area contributed by atoms with Crippen molar-refractivity contribution in [2.75, 3.05) is 38.1 Å². The van der Waals surface area contributed by atoms with E-state index < -0.39 is 0 Å². The molecule has 0 bridgehead atoms. The number of pyridine rings is 1. The van der Waals surface area contributed by atoms with Crippen molar-refractivity contribution >= 4 is 11.7 Å². The lowest BCUT2D eigenvalue weighted by Gasteiger charge is -2.33. The van der Waals surface area contributed by atoms with Crippen LogP contribution < -0.4 is 10.6 Å². The van der Waals surface area contributed by atoms with Crippen LogP contribution in [0.1, 0.15) is 37.3 Å². The number of likely N-dealkylation sites (N-methyl/N-ethyl adjacent to an activating group) is 1. The normalized spacial score (nSPS) is 24.4. The Hall–Kier alpha value is -1.62. The molecule has 2 fully saturated rings. The van der Waals surface area contributed by atoms with Gasteiger partial charge in [0.25, 0.3) is 0 Å². The molecule has 0 saturated carbocycles. The van der Waals surface area contributed by atoms with E-state index in [9.17, 15) is 4.79 Å². The zero-order chi connectivity index (χ0) is 15.5. The standard InChI is InChI=1S/C17H26N4O/c1-20-9-3-4-14(12-20)15-5-2-6-16(19-15)21-10-7-13(8-11-21)17(18)22/h2,5-6,13-14H,3-4,7-12H2,1H3,(H2,18,22)/t14-/m1/s1. The van der Waals surface area contributed by atoms with E-state index in [1.807, 2.05) is 0 Å². The molecule has 0 unspecified atom stereocenters. The molecular formula is C17H26N4O. The molecule has 1 atom stereocenters. The molecule has 2 aliphatic heterocycles. The van der Waals surface area contributed by atoms with Crippen LogP contribution in [0.15, 0.2) is 18.2 Å². The number of likely N-dealkylation sites (tertiary alicyclic amines) is 1. The van der Waals surface area contributed by atoms with E-state index >= 15 is 0 Å². The Morgan fingerprint density at radius 3 is 2.68 bits per heavy atom. The second kappa shape index (κ2) is 6.65. The number of aromatic nitrogens is 1. The average molecular weight is 302 g/mol. The number of anilines is 1. The van der Waals surface area contributed by atoms with Crippen LogP contribution in [0.5, 0.6) is 0 Å². The predicted octanol–water partition coefficient (Wildman–Crippen LogP) is 1.59. The summed E-state index contributed by atoms with van der Waals surface area (Å²) in [4.78, 5) is 20.9. The minimum atomic E-state index is -0.161. The number of hydrogen-bond donors (Lipinski definition) is 1. The van der Waals surface area contributed by atoms with Gasteiger partial charge in [-0.25, -0.2) is 4.98 Å². The van der Waals surface area contributed by atoms with E-state index in [0.717, 1.165) is 38.3 Å². The maximum absolute atomic E-state index is 11.3. The topological polar surface area (TPSA) is 62.5 Å². The van der Waals surface area contributed by atoms with E-state index in [1.165, 1.54) is 25.1 Å². The average Bonchev–Trinajstić information content (AvgIpc) is 2.55. The Kier molecular flexibility index (Phi) is 4.62. The minimum Gasteiger partial charge on any atom is -0.369 e. The number of amides is 1. The molecule has 22 heavy (non-hydrogen) atoms. The van der Waals surface area contributed by atoms with Gasteiger partial charge in [-0.3, -0.25) is 4.79 Å². The van der Waals surface area contributed by atoms with E-state index in [4.69, 9.17) is 10.7 Å². The summed E-state index contributed by atoms with van der Waals surface area (Å²) in [7, 11) is 2.19. The highest BCUT2D eigenvalue weighted by atomic mass is 16.1. The SMILES string of the molecule is CN1CCC[C@@H](c2cccc(N3CCC(C(N)=O)CC3)n2)C1. The van der Waals surface area contributed by atoms with Crippen LogP contribution in [0.25, 0.3) is 0 Å². The molecular weight excluding hydrogens is 276 g/mol. The lowest BCUT2D eigenvalue weighted by molar-refractivity contribution is -0.122. The molecule has 2 N–H and O–H groups in total. The smallest absolute Gasteiger partial charge is 0.220 e. The summed E-state index contributed by atoms with van der Waals surface area (Å²) in [5.41, 5.74) is 6.62. The summed E-state index contributed by atoms with van der Waals surface area (Å²) in [6, 6.07) is 6.36. The molecule has 0 aromatic carbocycles. The predicted molar refractivity (Wildman–Crippen MR) is 87.8 cm³/mol. The van der Waals surface area contributed by atoms with Crippen molar-refractivity contribution in [1.82, 2.24) is 9.88 Å². The second-order valence-corrected chi connectivity index (χ2v) is 6.69. The Bertz CT molecular complexity index is 525. The molecule has 5 nitrogen and oxygen atoms in total. The molecule has 0 radical (unpaired) electrons. The first-order valence-electron chi connectivity index (χ1n) is 8.33. The Morgan fingerprint density at radius 1 is 1.23 bits per heavy atom. The summed E-state index contributed by atoms with van der Waals surface area (Å²) in [6.07, 6.45) is 4.16. The summed E-state index contributed by atoms with van der Waals surface area (Å²) in [5, 5.41) is 0. The molecule has 1 amide bonds. The number of piperidine rings is 2. The van der Waals surface area contributed by atoms with Crippen LogP contribution in [-0.2, 0) is 4.79 Å². The van der Waals surface area contributed by atoms with Gasteiger partial charge in [-0.2, -0.15) is 0 Å². The van der Waals surface area contributed by atoms with Crippen LogP contribution in [-0.4, -0.2) is 49.0 Å². The van der Waals surface area contributed by atoms with Gasteiger partial charge in [0.05, 0.1) is 0 Å². The van der Waals surface area contributed by atoms with Crippen LogP contribution >= 0.6 is 0 Å². The largest absolute Gasteiger partial charge is 0.369 e. The van der Waals surface area contributed by atoms with Gasteiger partial charge in [-0.1, -0.05) is 6.07 Å². The minimum absolute atomic E-state index is 0.0337. The zero-order valence-electron chi connectivity index (χ0n) is 13.4. The van der Waals surface area contributed by atoms with Crippen molar-refractivity contribution in [3.8, 4) is 0 Å². The Morgan fingerprint density at radius 2 is 2.00 bits per heavy atom. The van der Waals surface area contributed by atoms with Gasteiger partial charge in [-0.15, -0.1) is 0 Å². The van der Waals surface area contributed by atoms with Crippen molar-refractivity contribution in [3.63, 3.8) is 0 Å². The maximum atomic E-state index is 11.3. The van der Waals surface area contributed by atoms with Crippen molar-refractivity contribution in [2.24, 2.45) is 11.7 Å². The van der Waals surface area contributed by atoms with Crippen molar-refractivity contribution in [3.05, 3.63) is 23.9 Å². The molecule has 2 aliphatic rings. The maximum Gasteiger partial charge on any atom is 0.220 e. The number of hydrogen-bond acceptors (Lipinski definition) is 4. The fourth-order valence-corrected chi connectivity index (χ4v) is 3.64. The van der Waals surface area contributed by atoms with Gasteiger partial charge in [0.15, 0.2) is 0 Å². The molecule has 1 aromatic rings. The first kappa shape index (κ1) is 15.3. The number of nitrogens with two attached hydrogens (primary N) is 1. The highest BCUT2D eigenvalue weighted by Gasteiger charge is 2.25. The molecule has 2 saturated heterocycles.